The molecule has 1 aromatic rings. The molecule has 1 aromatic heterocycles. The molecule has 0 bridgehead atoms. The summed E-state index contributed by atoms with van der Waals surface area (Å²) in [7, 11) is 2.01. The Labute approximate surface area is 127 Å². The first-order chi connectivity index (χ1) is 9.03. The van der Waals surface area contributed by atoms with Crippen LogP contribution >= 0.6 is 15.9 Å². The molecule has 0 spiro atoms. The molecule has 0 aliphatic rings. The van der Waals surface area contributed by atoms with Crippen molar-refractivity contribution in [2.45, 2.75) is 77.6 Å². The second kappa shape index (κ2) is 8.08. The van der Waals surface area contributed by atoms with E-state index in [2.05, 4.69) is 48.0 Å². The molecule has 0 fully saturated rings. The van der Waals surface area contributed by atoms with E-state index in [1.807, 2.05) is 11.7 Å². The monoisotopic (exact) mass is 328 g/mol. The van der Waals surface area contributed by atoms with E-state index < -0.39 is 0 Å². The third kappa shape index (κ3) is 4.94. The highest BCUT2D eigenvalue weighted by molar-refractivity contribution is 9.10. The molecular formula is C16H29BrN2. The van der Waals surface area contributed by atoms with Gasteiger partial charge in [0.2, 0.25) is 0 Å². The summed E-state index contributed by atoms with van der Waals surface area (Å²) in [5.41, 5.74) is 1.66. The van der Waals surface area contributed by atoms with Crippen molar-refractivity contribution >= 4 is 15.9 Å². The number of hydrogen-bond donors (Lipinski definition) is 0. The predicted molar refractivity (Wildman–Crippen MR) is 86.5 cm³/mol. The van der Waals surface area contributed by atoms with Crippen molar-refractivity contribution in [3.63, 3.8) is 0 Å². The van der Waals surface area contributed by atoms with E-state index in [4.69, 9.17) is 0 Å². The molecule has 110 valence electrons. The number of unbranched alkanes of at least 4 members (excludes halogenated alkanes) is 4. The third-order valence-corrected chi connectivity index (χ3v) is 4.68. The van der Waals surface area contributed by atoms with E-state index >= 15 is 0 Å². The lowest BCUT2D eigenvalue weighted by Crippen LogP contribution is -2.22. The molecule has 0 N–H and O–H groups in total. The Morgan fingerprint density at radius 2 is 1.74 bits per heavy atom. The Bertz CT molecular complexity index is 373. The molecule has 0 saturated heterocycles. The summed E-state index contributed by atoms with van der Waals surface area (Å²) >= 11 is 3.64. The van der Waals surface area contributed by atoms with Crippen molar-refractivity contribution in [3.05, 3.63) is 16.4 Å². The van der Waals surface area contributed by atoms with Crippen molar-refractivity contribution in [1.82, 2.24) is 9.78 Å². The maximum Gasteiger partial charge on any atom is 0.131 e. The summed E-state index contributed by atoms with van der Waals surface area (Å²) in [6, 6.07) is 0. The number of rotatable bonds is 9. The molecule has 3 heteroatoms. The molecule has 0 aliphatic carbocycles. The molecule has 1 atom stereocenters. The van der Waals surface area contributed by atoms with Crippen LogP contribution in [0.4, 0.5) is 0 Å². The normalized spacial score (nSPS) is 14.6. The molecule has 0 aromatic carbocycles. The van der Waals surface area contributed by atoms with E-state index in [1.165, 1.54) is 56.9 Å². The summed E-state index contributed by atoms with van der Waals surface area (Å²) < 4.78 is 2.96. The minimum Gasteiger partial charge on any atom is -0.274 e. The average molecular weight is 329 g/mol. The van der Waals surface area contributed by atoms with Crippen molar-refractivity contribution in [2.75, 3.05) is 0 Å². The number of hydrogen-bond acceptors (Lipinski definition) is 1. The van der Waals surface area contributed by atoms with Gasteiger partial charge in [0, 0.05) is 18.8 Å². The van der Waals surface area contributed by atoms with E-state index in [9.17, 15) is 0 Å². The van der Waals surface area contributed by atoms with Gasteiger partial charge in [-0.2, -0.15) is 5.10 Å². The number of halogens is 1. The van der Waals surface area contributed by atoms with Crippen molar-refractivity contribution < 1.29 is 0 Å². The standard InChI is InChI=1S/C16H29BrN2/c1-5-7-9-10-12-16(3,11-8-6-2)14-13-19(4)18-15(14)17/h13H,5-12H2,1-4H3. The highest BCUT2D eigenvalue weighted by Gasteiger charge is 2.29. The van der Waals surface area contributed by atoms with E-state index in [1.54, 1.807) is 0 Å². The van der Waals surface area contributed by atoms with Crippen LogP contribution in [0.3, 0.4) is 0 Å². The van der Waals surface area contributed by atoms with Crippen LogP contribution in [0.15, 0.2) is 10.8 Å². The zero-order chi connectivity index (χ0) is 14.3. The smallest absolute Gasteiger partial charge is 0.131 e. The third-order valence-electron chi connectivity index (χ3n) is 4.10. The van der Waals surface area contributed by atoms with Gasteiger partial charge in [0.1, 0.15) is 4.60 Å². The fourth-order valence-electron chi connectivity index (χ4n) is 2.77. The summed E-state index contributed by atoms with van der Waals surface area (Å²) in [4.78, 5) is 0. The quantitative estimate of drug-likeness (QED) is 0.539. The van der Waals surface area contributed by atoms with Gasteiger partial charge in [0.05, 0.1) is 0 Å². The number of nitrogens with zero attached hydrogens (tertiary/aromatic N) is 2. The van der Waals surface area contributed by atoms with Crippen LogP contribution in [-0.2, 0) is 12.5 Å². The molecule has 0 saturated carbocycles. The minimum absolute atomic E-state index is 0.275. The van der Waals surface area contributed by atoms with Crippen molar-refractivity contribution in [1.29, 1.82) is 0 Å². The average Bonchev–Trinajstić information content (AvgIpc) is 2.72. The highest BCUT2D eigenvalue weighted by Crippen LogP contribution is 2.38. The van der Waals surface area contributed by atoms with E-state index in [-0.39, 0.29) is 5.41 Å². The number of aromatic nitrogens is 2. The Hall–Kier alpha value is -0.310. The van der Waals surface area contributed by atoms with Crippen LogP contribution in [0.25, 0.3) is 0 Å². The zero-order valence-corrected chi connectivity index (χ0v) is 14.6. The first-order valence-electron chi connectivity index (χ1n) is 7.73. The Morgan fingerprint density at radius 1 is 1.11 bits per heavy atom. The van der Waals surface area contributed by atoms with Gasteiger partial charge in [-0.15, -0.1) is 0 Å². The van der Waals surface area contributed by atoms with Gasteiger partial charge in [0.25, 0.3) is 0 Å². The summed E-state index contributed by atoms with van der Waals surface area (Å²) in [5, 5.41) is 4.46. The van der Waals surface area contributed by atoms with Gasteiger partial charge < -0.3 is 0 Å². The topological polar surface area (TPSA) is 17.8 Å². The van der Waals surface area contributed by atoms with Gasteiger partial charge >= 0.3 is 0 Å². The molecule has 0 amide bonds. The van der Waals surface area contributed by atoms with Crippen LogP contribution in [0.1, 0.15) is 77.7 Å². The van der Waals surface area contributed by atoms with Gasteiger partial charge in [-0.05, 0) is 34.2 Å². The summed E-state index contributed by atoms with van der Waals surface area (Å²) in [5.74, 6) is 0. The van der Waals surface area contributed by atoms with Crippen LogP contribution in [-0.4, -0.2) is 9.78 Å². The molecular weight excluding hydrogens is 300 g/mol. The van der Waals surface area contributed by atoms with Crippen molar-refractivity contribution in [2.24, 2.45) is 7.05 Å². The van der Waals surface area contributed by atoms with E-state index in [0.29, 0.717) is 0 Å². The maximum atomic E-state index is 4.46. The van der Waals surface area contributed by atoms with Crippen LogP contribution in [0, 0.1) is 0 Å². The van der Waals surface area contributed by atoms with Gasteiger partial charge in [-0.3, -0.25) is 4.68 Å². The van der Waals surface area contributed by atoms with Crippen LogP contribution in [0.2, 0.25) is 0 Å². The van der Waals surface area contributed by atoms with Crippen LogP contribution in [0.5, 0.6) is 0 Å². The highest BCUT2D eigenvalue weighted by atomic mass is 79.9. The predicted octanol–water partition coefficient (Wildman–Crippen LogP) is 5.60. The van der Waals surface area contributed by atoms with Gasteiger partial charge in [-0.25, -0.2) is 0 Å². The maximum absolute atomic E-state index is 4.46. The first kappa shape index (κ1) is 16.7. The molecule has 0 aliphatic heterocycles. The van der Waals surface area contributed by atoms with Gasteiger partial charge in [-0.1, -0.05) is 59.3 Å². The Balaban J connectivity index is 2.76. The lowest BCUT2D eigenvalue weighted by Gasteiger charge is -2.29. The lowest BCUT2D eigenvalue weighted by atomic mass is 9.75. The minimum atomic E-state index is 0.275. The van der Waals surface area contributed by atoms with E-state index in [0.717, 1.165) is 4.60 Å². The molecule has 0 radical (unpaired) electrons. The van der Waals surface area contributed by atoms with Crippen LogP contribution < -0.4 is 0 Å². The zero-order valence-electron chi connectivity index (χ0n) is 13.0. The fraction of sp³-hybridized carbons (Fsp3) is 0.812. The lowest BCUT2D eigenvalue weighted by molar-refractivity contribution is 0.367. The largest absolute Gasteiger partial charge is 0.274 e. The summed E-state index contributed by atoms with van der Waals surface area (Å²) in [6.45, 7) is 6.96. The molecule has 19 heavy (non-hydrogen) atoms. The Kier molecular flexibility index (Phi) is 7.12. The van der Waals surface area contributed by atoms with Gasteiger partial charge in [0.15, 0.2) is 0 Å². The second-order valence-electron chi connectivity index (χ2n) is 5.98. The van der Waals surface area contributed by atoms with Crippen molar-refractivity contribution in [3.8, 4) is 0 Å². The Morgan fingerprint density at radius 3 is 2.26 bits per heavy atom. The molecule has 2 nitrogen and oxygen atoms in total. The molecule has 1 rings (SSSR count). The fourth-order valence-corrected chi connectivity index (χ4v) is 3.60. The molecule has 1 unspecified atom stereocenters. The summed E-state index contributed by atoms with van der Waals surface area (Å²) in [6.07, 6.45) is 12.6. The first-order valence-corrected chi connectivity index (χ1v) is 8.52. The SMILES string of the molecule is CCCCCCC(C)(CCCC)c1cn(C)nc1Br. The number of aryl methyl sites for hydroxylation is 1. The molecule has 1 heterocycles. The second-order valence-corrected chi connectivity index (χ2v) is 6.73.